The Bertz CT molecular complexity index is 352. The summed E-state index contributed by atoms with van der Waals surface area (Å²) >= 11 is 0. The van der Waals surface area contributed by atoms with Crippen molar-refractivity contribution in [3.8, 4) is 11.8 Å². The van der Waals surface area contributed by atoms with E-state index in [0.717, 1.165) is 0 Å². The Balaban J connectivity index is 2.96. The molecule has 0 aromatic heterocycles. The van der Waals surface area contributed by atoms with Crippen LogP contribution in [0.4, 0.5) is 10.1 Å². The van der Waals surface area contributed by atoms with Crippen LogP contribution >= 0.6 is 0 Å². The molecule has 0 fully saturated rings. The smallest absolute Gasteiger partial charge is 0.148 e. The molecule has 0 unspecified atom stereocenters. The van der Waals surface area contributed by atoms with E-state index in [1.165, 1.54) is 12.1 Å². The first-order chi connectivity index (χ1) is 6.27. The summed E-state index contributed by atoms with van der Waals surface area (Å²) in [6.45, 7) is 0.262. The van der Waals surface area contributed by atoms with Gasteiger partial charge in [0.25, 0.3) is 0 Å². The van der Waals surface area contributed by atoms with E-state index >= 15 is 0 Å². The topological polar surface area (TPSA) is 64.1 Å². The van der Waals surface area contributed by atoms with Crippen LogP contribution in [0.2, 0.25) is 0 Å². The van der Waals surface area contributed by atoms with Crippen molar-refractivity contribution < 1.29 is 4.39 Å². The molecule has 0 aliphatic carbocycles. The van der Waals surface area contributed by atoms with Crippen LogP contribution in [-0.2, 0) is 0 Å². The molecule has 3 nitrogen and oxygen atoms in total. The van der Waals surface area contributed by atoms with Gasteiger partial charge in [-0.15, -0.1) is 0 Å². The van der Waals surface area contributed by atoms with Crippen molar-refractivity contribution in [2.24, 2.45) is 11.6 Å². The molecule has 0 aliphatic rings. The van der Waals surface area contributed by atoms with Gasteiger partial charge in [0, 0.05) is 5.56 Å². The first-order valence-corrected chi connectivity index (χ1v) is 3.73. The van der Waals surface area contributed by atoms with E-state index in [2.05, 4.69) is 17.3 Å². The number of halogens is 1. The highest BCUT2D eigenvalue weighted by molar-refractivity contribution is 5.48. The fraction of sp³-hybridized carbons (Fsp3) is 0.111. The van der Waals surface area contributed by atoms with E-state index in [4.69, 9.17) is 11.6 Å². The second-order valence-corrected chi connectivity index (χ2v) is 2.34. The summed E-state index contributed by atoms with van der Waals surface area (Å²) < 4.78 is 13.0. The predicted octanol–water partition coefficient (Wildman–Crippen LogP) is 0.421. The second kappa shape index (κ2) is 4.45. The average Bonchev–Trinajstić information content (AvgIpc) is 2.15. The van der Waals surface area contributed by atoms with Crippen LogP contribution in [-0.4, -0.2) is 6.54 Å². The van der Waals surface area contributed by atoms with Gasteiger partial charge in [-0.25, -0.2) is 4.39 Å². The SMILES string of the molecule is NCC#Cc1ccc(NN)c(F)c1. The Morgan fingerprint density at radius 2 is 2.23 bits per heavy atom. The highest BCUT2D eigenvalue weighted by Crippen LogP contribution is 2.13. The lowest BCUT2D eigenvalue weighted by Gasteiger charge is -2.00. The molecule has 1 aromatic rings. The number of benzene rings is 1. The Labute approximate surface area is 75.9 Å². The molecule has 0 heterocycles. The Morgan fingerprint density at radius 1 is 1.46 bits per heavy atom. The number of anilines is 1. The zero-order chi connectivity index (χ0) is 9.68. The largest absolute Gasteiger partial charge is 0.321 e. The van der Waals surface area contributed by atoms with E-state index in [0.29, 0.717) is 5.56 Å². The van der Waals surface area contributed by atoms with Crippen molar-refractivity contribution in [1.82, 2.24) is 0 Å². The lowest BCUT2D eigenvalue weighted by Crippen LogP contribution is -2.08. The quantitative estimate of drug-likeness (QED) is 0.332. The van der Waals surface area contributed by atoms with Gasteiger partial charge in [0.1, 0.15) is 5.82 Å². The number of hydrogen-bond acceptors (Lipinski definition) is 3. The maximum absolute atomic E-state index is 13.0. The summed E-state index contributed by atoms with van der Waals surface area (Å²) in [4.78, 5) is 0. The molecule has 0 aliphatic heterocycles. The molecule has 0 radical (unpaired) electrons. The Kier molecular flexibility index (Phi) is 3.26. The van der Waals surface area contributed by atoms with E-state index < -0.39 is 5.82 Å². The molecule has 13 heavy (non-hydrogen) atoms. The van der Waals surface area contributed by atoms with E-state index in [1.807, 2.05) is 0 Å². The molecule has 68 valence electrons. The van der Waals surface area contributed by atoms with Crippen LogP contribution in [0.25, 0.3) is 0 Å². The van der Waals surface area contributed by atoms with Crippen LogP contribution in [0.3, 0.4) is 0 Å². The summed E-state index contributed by atoms with van der Waals surface area (Å²) in [5.41, 5.74) is 8.24. The van der Waals surface area contributed by atoms with Gasteiger partial charge in [-0.2, -0.15) is 0 Å². The maximum atomic E-state index is 13.0. The van der Waals surface area contributed by atoms with Crippen molar-refractivity contribution in [2.75, 3.05) is 12.0 Å². The number of hydrogen-bond donors (Lipinski definition) is 3. The normalized spacial score (nSPS) is 8.85. The molecular formula is C9H10FN3. The van der Waals surface area contributed by atoms with Crippen molar-refractivity contribution >= 4 is 5.69 Å². The number of rotatable bonds is 1. The minimum atomic E-state index is -0.425. The molecule has 0 amide bonds. The minimum Gasteiger partial charge on any atom is -0.321 e. The summed E-state index contributed by atoms with van der Waals surface area (Å²) in [7, 11) is 0. The summed E-state index contributed by atoms with van der Waals surface area (Å²) in [5, 5.41) is 0. The molecule has 5 N–H and O–H groups in total. The second-order valence-electron chi connectivity index (χ2n) is 2.34. The van der Waals surface area contributed by atoms with Crippen LogP contribution < -0.4 is 17.0 Å². The molecule has 4 heteroatoms. The predicted molar refractivity (Wildman–Crippen MR) is 50.1 cm³/mol. The van der Waals surface area contributed by atoms with Gasteiger partial charge >= 0.3 is 0 Å². The standard InChI is InChI=1S/C9H10FN3/c10-8-6-7(2-1-5-11)3-4-9(8)13-12/h3-4,6,13H,5,11-12H2. The number of nitrogen functional groups attached to an aromatic ring is 1. The zero-order valence-electron chi connectivity index (χ0n) is 6.97. The molecule has 0 atom stereocenters. The Hall–Kier alpha value is -1.57. The molecule has 0 saturated carbocycles. The number of nitrogens with two attached hydrogens (primary N) is 2. The lowest BCUT2D eigenvalue weighted by atomic mass is 10.2. The third kappa shape index (κ3) is 2.44. The van der Waals surface area contributed by atoms with E-state index in [9.17, 15) is 4.39 Å². The Morgan fingerprint density at radius 3 is 2.77 bits per heavy atom. The summed E-state index contributed by atoms with van der Waals surface area (Å²) in [6, 6.07) is 4.49. The van der Waals surface area contributed by atoms with Gasteiger partial charge in [-0.3, -0.25) is 5.84 Å². The minimum absolute atomic E-state index is 0.248. The van der Waals surface area contributed by atoms with Crippen molar-refractivity contribution in [3.63, 3.8) is 0 Å². The molecule has 1 rings (SSSR count). The molecular weight excluding hydrogens is 169 g/mol. The zero-order valence-corrected chi connectivity index (χ0v) is 6.97. The monoisotopic (exact) mass is 179 g/mol. The summed E-state index contributed by atoms with van der Waals surface area (Å²) in [5.74, 6) is 9.97. The van der Waals surface area contributed by atoms with Crippen molar-refractivity contribution in [1.29, 1.82) is 0 Å². The fourth-order valence-corrected chi connectivity index (χ4v) is 0.863. The first-order valence-electron chi connectivity index (χ1n) is 3.73. The number of hydrazine groups is 1. The van der Waals surface area contributed by atoms with Crippen molar-refractivity contribution in [2.45, 2.75) is 0 Å². The highest BCUT2D eigenvalue weighted by Gasteiger charge is 1.99. The van der Waals surface area contributed by atoms with Gasteiger partial charge in [-0.1, -0.05) is 11.8 Å². The van der Waals surface area contributed by atoms with Gasteiger partial charge in [-0.05, 0) is 18.2 Å². The summed E-state index contributed by atoms with van der Waals surface area (Å²) in [6.07, 6.45) is 0. The van der Waals surface area contributed by atoms with E-state index in [1.54, 1.807) is 6.07 Å². The molecule has 0 spiro atoms. The van der Waals surface area contributed by atoms with Gasteiger partial charge < -0.3 is 11.2 Å². The van der Waals surface area contributed by atoms with Crippen molar-refractivity contribution in [3.05, 3.63) is 29.6 Å². The van der Waals surface area contributed by atoms with Gasteiger partial charge in [0.15, 0.2) is 0 Å². The molecule has 0 bridgehead atoms. The van der Waals surface area contributed by atoms with Crippen LogP contribution in [0.5, 0.6) is 0 Å². The lowest BCUT2D eigenvalue weighted by molar-refractivity contribution is 0.630. The van der Waals surface area contributed by atoms with Gasteiger partial charge in [0.05, 0.1) is 12.2 Å². The third-order valence-electron chi connectivity index (χ3n) is 1.46. The number of nitrogens with one attached hydrogen (secondary N) is 1. The third-order valence-corrected chi connectivity index (χ3v) is 1.46. The maximum Gasteiger partial charge on any atom is 0.148 e. The molecule has 0 saturated heterocycles. The van der Waals surface area contributed by atoms with Crippen LogP contribution in [0.15, 0.2) is 18.2 Å². The first kappa shape index (κ1) is 9.52. The van der Waals surface area contributed by atoms with Crippen LogP contribution in [0.1, 0.15) is 5.56 Å². The van der Waals surface area contributed by atoms with Gasteiger partial charge in [0.2, 0.25) is 0 Å². The highest BCUT2D eigenvalue weighted by atomic mass is 19.1. The van der Waals surface area contributed by atoms with E-state index in [-0.39, 0.29) is 12.2 Å². The molecule has 1 aromatic carbocycles. The average molecular weight is 179 g/mol. The fourth-order valence-electron chi connectivity index (χ4n) is 0.863. The van der Waals surface area contributed by atoms with Crippen LogP contribution in [0, 0.1) is 17.7 Å².